The summed E-state index contributed by atoms with van der Waals surface area (Å²) >= 11 is 5.85. The van der Waals surface area contributed by atoms with Crippen molar-refractivity contribution in [3.8, 4) is 5.75 Å². The van der Waals surface area contributed by atoms with Crippen LogP contribution in [0.15, 0.2) is 82.6 Å². The maximum Gasteiger partial charge on any atom is 0.259 e. The van der Waals surface area contributed by atoms with Crippen molar-refractivity contribution in [3.63, 3.8) is 0 Å². The van der Waals surface area contributed by atoms with Crippen molar-refractivity contribution >= 4 is 33.0 Å². The fourth-order valence-electron chi connectivity index (χ4n) is 2.37. The maximum atomic E-state index is 12.7. The highest BCUT2D eigenvalue weighted by Gasteiger charge is 2.18. The molecule has 0 saturated carbocycles. The number of rotatable bonds is 4. The van der Waals surface area contributed by atoms with E-state index in [-0.39, 0.29) is 26.8 Å². The smallest absolute Gasteiger partial charge is 0.259 e. The van der Waals surface area contributed by atoms with E-state index in [2.05, 4.69) is 5.32 Å². The van der Waals surface area contributed by atoms with Crippen LogP contribution in [0, 0.1) is 0 Å². The van der Waals surface area contributed by atoms with Crippen LogP contribution < -0.4 is 5.32 Å². The lowest BCUT2D eigenvalue weighted by atomic mass is 10.2. The molecule has 0 aliphatic heterocycles. The zero-order chi connectivity index (χ0) is 18.7. The first-order valence-corrected chi connectivity index (χ1v) is 9.44. The molecular weight excluding hydrogens is 374 g/mol. The standard InChI is InChI=1S/C19H14ClNO4S/c20-13-9-10-18(22)17(11-13)19(23)21-14-5-4-8-16(12-14)26(24,25)15-6-2-1-3-7-15/h1-12,22H,(H,21,23). The van der Waals surface area contributed by atoms with E-state index < -0.39 is 15.7 Å². The van der Waals surface area contributed by atoms with Gasteiger partial charge < -0.3 is 10.4 Å². The molecule has 5 nitrogen and oxygen atoms in total. The normalized spacial score (nSPS) is 11.1. The van der Waals surface area contributed by atoms with Crippen LogP contribution in [0.5, 0.6) is 5.75 Å². The third kappa shape index (κ3) is 3.71. The number of phenols is 1. The summed E-state index contributed by atoms with van der Waals surface area (Å²) in [6, 6.07) is 18.0. The van der Waals surface area contributed by atoms with Gasteiger partial charge in [0.05, 0.1) is 15.4 Å². The summed E-state index contributed by atoms with van der Waals surface area (Å²) in [5.74, 6) is -0.820. The van der Waals surface area contributed by atoms with E-state index in [0.717, 1.165) is 0 Å². The number of sulfone groups is 1. The minimum Gasteiger partial charge on any atom is -0.507 e. The average molecular weight is 388 g/mol. The Kier molecular flexibility index (Phi) is 4.97. The van der Waals surface area contributed by atoms with Crippen molar-refractivity contribution < 1.29 is 18.3 Å². The van der Waals surface area contributed by atoms with E-state index in [9.17, 15) is 18.3 Å². The van der Waals surface area contributed by atoms with Crippen molar-refractivity contribution in [1.82, 2.24) is 0 Å². The lowest BCUT2D eigenvalue weighted by molar-refractivity contribution is 0.102. The zero-order valence-electron chi connectivity index (χ0n) is 13.4. The van der Waals surface area contributed by atoms with Crippen LogP contribution in [0.1, 0.15) is 10.4 Å². The molecule has 26 heavy (non-hydrogen) atoms. The molecule has 0 aromatic heterocycles. The summed E-state index contributed by atoms with van der Waals surface area (Å²) in [5.41, 5.74) is 0.278. The van der Waals surface area contributed by atoms with Crippen molar-refractivity contribution in [2.24, 2.45) is 0 Å². The van der Waals surface area contributed by atoms with E-state index in [4.69, 9.17) is 11.6 Å². The van der Waals surface area contributed by atoms with Gasteiger partial charge in [0.2, 0.25) is 9.84 Å². The molecule has 3 aromatic rings. The van der Waals surface area contributed by atoms with Gasteiger partial charge in [-0.2, -0.15) is 0 Å². The first-order valence-electron chi connectivity index (χ1n) is 7.58. The third-order valence-electron chi connectivity index (χ3n) is 3.66. The van der Waals surface area contributed by atoms with Gasteiger partial charge in [0.1, 0.15) is 5.75 Å². The summed E-state index contributed by atoms with van der Waals surface area (Å²) in [6.07, 6.45) is 0. The van der Waals surface area contributed by atoms with Gasteiger partial charge >= 0.3 is 0 Å². The first-order chi connectivity index (χ1) is 12.4. The SMILES string of the molecule is O=C(Nc1cccc(S(=O)(=O)c2ccccc2)c1)c1cc(Cl)ccc1O. The van der Waals surface area contributed by atoms with Gasteiger partial charge in [-0.05, 0) is 48.5 Å². The minimum absolute atomic E-state index is 0.00572. The van der Waals surface area contributed by atoms with Gasteiger partial charge in [-0.1, -0.05) is 35.9 Å². The molecule has 0 aliphatic carbocycles. The van der Waals surface area contributed by atoms with Crippen LogP contribution in [0.3, 0.4) is 0 Å². The Morgan fingerprint density at radius 3 is 2.31 bits per heavy atom. The summed E-state index contributed by atoms with van der Waals surface area (Å²) < 4.78 is 25.3. The fourth-order valence-corrected chi connectivity index (χ4v) is 3.86. The number of halogens is 1. The average Bonchev–Trinajstić information content (AvgIpc) is 2.64. The van der Waals surface area contributed by atoms with Crippen molar-refractivity contribution in [2.75, 3.05) is 5.32 Å². The number of anilines is 1. The summed E-state index contributed by atoms with van der Waals surface area (Å²) in [4.78, 5) is 12.6. The van der Waals surface area contributed by atoms with Gasteiger partial charge in [-0.25, -0.2) is 8.42 Å². The summed E-state index contributed by atoms with van der Waals surface area (Å²) in [6.45, 7) is 0. The van der Waals surface area contributed by atoms with Crippen LogP contribution in [-0.2, 0) is 9.84 Å². The Bertz CT molecular complexity index is 1070. The quantitative estimate of drug-likeness (QED) is 0.705. The molecule has 3 rings (SSSR count). The second kappa shape index (κ2) is 7.19. The van der Waals surface area contributed by atoms with Crippen LogP contribution in [-0.4, -0.2) is 19.4 Å². The topological polar surface area (TPSA) is 83.5 Å². The van der Waals surface area contributed by atoms with E-state index in [1.807, 2.05) is 0 Å². The van der Waals surface area contributed by atoms with E-state index in [0.29, 0.717) is 5.02 Å². The predicted molar refractivity (Wildman–Crippen MR) is 99.4 cm³/mol. The largest absolute Gasteiger partial charge is 0.507 e. The molecule has 0 saturated heterocycles. The van der Waals surface area contributed by atoms with Gasteiger partial charge in [-0.15, -0.1) is 0 Å². The molecule has 7 heteroatoms. The number of hydrogen-bond acceptors (Lipinski definition) is 4. The van der Waals surface area contributed by atoms with Crippen molar-refractivity contribution in [2.45, 2.75) is 9.79 Å². The van der Waals surface area contributed by atoms with Gasteiger partial charge in [0, 0.05) is 10.7 Å². The van der Waals surface area contributed by atoms with Gasteiger partial charge in [0.25, 0.3) is 5.91 Å². The number of carbonyl (C=O) groups is 1. The molecule has 2 N–H and O–H groups in total. The second-order valence-electron chi connectivity index (χ2n) is 5.46. The number of phenolic OH excluding ortho intramolecular Hbond substituents is 1. The van der Waals surface area contributed by atoms with Crippen LogP contribution in [0.4, 0.5) is 5.69 Å². The molecule has 0 aliphatic rings. The number of aromatic hydroxyl groups is 1. The molecule has 0 unspecified atom stereocenters. The fraction of sp³-hybridized carbons (Fsp3) is 0. The highest BCUT2D eigenvalue weighted by atomic mass is 35.5. The van der Waals surface area contributed by atoms with Crippen LogP contribution in [0.2, 0.25) is 5.02 Å². The number of hydrogen-bond donors (Lipinski definition) is 2. The zero-order valence-corrected chi connectivity index (χ0v) is 15.0. The van der Waals surface area contributed by atoms with Crippen molar-refractivity contribution in [3.05, 3.63) is 83.4 Å². The Morgan fingerprint density at radius 2 is 1.58 bits per heavy atom. The molecule has 3 aromatic carbocycles. The highest BCUT2D eigenvalue weighted by molar-refractivity contribution is 7.91. The predicted octanol–water partition coefficient (Wildman–Crippen LogP) is 4.13. The molecule has 0 fully saturated rings. The first kappa shape index (κ1) is 18.0. The van der Waals surface area contributed by atoms with Crippen LogP contribution >= 0.6 is 11.6 Å². The van der Waals surface area contributed by atoms with Gasteiger partial charge in [-0.3, -0.25) is 4.79 Å². The van der Waals surface area contributed by atoms with E-state index in [1.165, 1.54) is 48.5 Å². The molecule has 0 atom stereocenters. The second-order valence-corrected chi connectivity index (χ2v) is 7.85. The Hall–Kier alpha value is -2.83. The lowest BCUT2D eigenvalue weighted by Gasteiger charge is -2.09. The monoisotopic (exact) mass is 387 g/mol. The Labute approximate surface area is 155 Å². The maximum absolute atomic E-state index is 12.7. The number of benzene rings is 3. The van der Waals surface area contributed by atoms with Gasteiger partial charge in [0.15, 0.2) is 0 Å². The van der Waals surface area contributed by atoms with Crippen LogP contribution in [0.25, 0.3) is 0 Å². The van der Waals surface area contributed by atoms with Crippen molar-refractivity contribution in [1.29, 1.82) is 0 Å². The molecule has 132 valence electrons. The summed E-state index contributed by atoms with van der Waals surface area (Å²) in [5, 5.41) is 12.7. The molecule has 1 amide bonds. The Morgan fingerprint density at radius 1 is 0.885 bits per heavy atom. The number of carbonyl (C=O) groups excluding carboxylic acids is 1. The highest BCUT2D eigenvalue weighted by Crippen LogP contribution is 2.25. The third-order valence-corrected chi connectivity index (χ3v) is 5.66. The molecule has 0 spiro atoms. The molecular formula is C19H14ClNO4S. The summed E-state index contributed by atoms with van der Waals surface area (Å²) in [7, 11) is -3.70. The Balaban J connectivity index is 1.91. The number of amides is 1. The number of nitrogens with one attached hydrogen (secondary N) is 1. The van der Waals surface area contributed by atoms with E-state index in [1.54, 1.807) is 24.3 Å². The molecule has 0 heterocycles. The lowest BCUT2D eigenvalue weighted by Crippen LogP contribution is -2.12. The molecule has 0 bridgehead atoms. The molecule has 0 radical (unpaired) electrons. The van der Waals surface area contributed by atoms with E-state index >= 15 is 0 Å². The minimum atomic E-state index is -3.70.